The fourth-order valence-electron chi connectivity index (χ4n) is 3.68. The predicted octanol–water partition coefficient (Wildman–Crippen LogP) is 3.42. The van der Waals surface area contributed by atoms with Crippen LogP contribution in [0.5, 0.6) is 0 Å². The zero-order valence-corrected chi connectivity index (χ0v) is 19.2. The number of rotatable bonds is 8. The van der Waals surface area contributed by atoms with E-state index in [1.807, 2.05) is 66.4 Å². The van der Waals surface area contributed by atoms with Gasteiger partial charge in [0.25, 0.3) is 0 Å². The Morgan fingerprint density at radius 3 is 2.65 bits per heavy atom. The fourth-order valence-corrected chi connectivity index (χ4v) is 4.46. The van der Waals surface area contributed by atoms with E-state index in [-0.39, 0.29) is 5.41 Å². The van der Waals surface area contributed by atoms with E-state index in [1.54, 1.807) is 4.52 Å². The molecule has 1 fully saturated rings. The third-order valence-electron chi connectivity index (χ3n) is 5.98. The number of hydrogen-bond acceptors (Lipinski definition) is 9. The highest BCUT2D eigenvalue weighted by atomic mass is 32.2. The maximum Gasteiger partial charge on any atom is 0.201 e. The molecule has 0 atom stereocenters. The van der Waals surface area contributed by atoms with Crippen LogP contribution in [0.25, 0.3) is 22.4 Å². The molecule has 2 N–H and O–H groups in total. The van der Waals surface area contributed by atoms with Crippen LogP contribution in [0.4, 0.5) is 11.6 Å². The van der Waals surface area contributed by atoms with Gasteiger partial charge in [0.15, 0.2) is 11.3 Å². The minimum atomic E-state index is -0.219. The van der Waals surface area contributed by atoms with E-state index in [9.17, 15) is 4.79 Å². The van der Waals surface area contributed by atoms with Crippen molar-refractivity contribution in [3.05, 3.63) is 55.0 Å². The Morgan fingerprint density at radius 1 is 1.03 bits per heavy atom. The van der Waals surface area contributed by atoms with Crippen molar-refractivity contribution in [2.24, 2.45) is 5.41 Å². The van der Waals surface area contributed by atoms with E-state index < -0.39 is 0 Å². The van der Waals surface area contributed by atoms with E-state index in [2.05, 4.69) is 35.9 Å². The number of anilines is 2. The smallest absolute Gasteiger partial charge is 0.201 e. The molecule has 0 amide bonds. The summed E-state index contributed by atoms with van der Waals surface area (Å²) in [5.74, 6) is 1.53. The zero-order chi connectivity index (χ0) is 23.1. The van der Waals surface area contributed by atoms with Gasteiger partial charge < -0.3 is 15.4 Å². The number of nitrogens with zero attached hydrogens (tertiary/aromatic N) is 7. The quantitative estimate of drug-likeness (QED) is 0.329. The topological polar surface area (TPSA) is 114 Å². The summed E-state index contributed by atoms with van der Waals surface area (Å²) in [5, 5.41) is 21.1. The summed E-state index contributed by atoms with van der Waals surface area (Å²) >= 11 is 1.43. The molecule has 0 spiro atoms. The molecule has 0 aromatic carbocycles. The van der Waals surface area contributed by atoms with Gasteiger partial charge in [0.05, 0.1) is 6.20 Å². The summed E-state index contributed by atoms with van der Waals surface area (Å²) in [6.07, 6.45) is 8.59. The molecule has 0 aliphatic heterocycles. The van der Waals surface area contributed by atoms with Gasteiger partial charge in [0.1, 0.15) is 22.9 Å². The molecule has 6 rings (SSSR count). The van der Waals surface area contributed by atoms with E-state index in [1.165, 1.54) is 11.8 Å². The number of fused-ring (bicyclic) bond motifs is 2. The molecule has 170 valence electrons. The van der Waals surface area contributed by atoms with E-state index in [0.717, 1.165) is 52.4 Å². The van der Waals surface area contributed by atoms with Crippen molar-refractivity contribution in [3.8, 4) is 11.1 Å². The number of imidazole rings is 1. The monoisotopic (exact) mass is 471 g/mol. The van der Waals surface area contributed by atoms with Crippen molar-refractivity contribution in [1.29, 1.82) is 0 Å². The highest BCUT2D eigenvalue weighted by Gasteiger charge is 2.42. The Morgan fingerprint density at radius 2 is 1.88 bits per heavy atom. The van der Waals surface area contributed by atoms with Crippen LogP contribution in [0.2, 0.25) is 0 Å². The average Bonchev–Trinajstić information content (AvgIpc) is 3.39. The van der Waals surface area contributed by atoms with Gasteiger partial charge in [-0.25, -0.2) is 14.5 Å². The fraction of sp³-hybridized carbons (Fsp3) is 0.217. The number of pyridine rings is 2. The summed E-state index contributed by atoms with van der Waals surface area (Å²) in [4.78, 5) is 20.1. The van der Waals surface area contributed by atoms with Crippen molar-refractivity contribution in [2.45, 2.75) is 23.0 Å². The van der Waals surface area contributed by atoms with Crippen LogP contribution in [0.15, 0.2) is 65.2 Å². The number of nitrogens with one attached hydrogen (secondary N) is 2. The second-order valence-electron chi connectivity index (χ2n) is 8.35. The first kappa shape index (κ1) is 20.6. The van der Waals surface area contributed by atoms with Gasteiger partial charge in [-0.15, -0.1) is 10.2 Å². The van der Waals surface area contributed by atoms with Crippen LogP contribution in [0.3, 0.4) is 0 Å². The molecule has 0 unspecified atom stereocenters. The largest absolute Gasteiger partial charge is 0.373 e. The van der Waals surface area contributed by atoms with Crippen molar-refractivity contribution >= 4 is 41.0 Å². The molecule has 11 heteroatoms. The van der Waals surface area contributed by atoms with Crippen molar-refractivity contribution in [3.63, 3.8) is 0 Å². The van der Waals surface area contributed by atoms with Crippen LogP contribution in [-0.2, 0) is 4.79 Å². The van der Waals surface area contributed by atoms with Crippen LogP contribution in [0.1, 0.15) is 12.8 Å². The molecule has 1 saturated carbocycles. The summed E-state index contributed by atoms with van der Waals surface area (Å²) in [7, 11) is 1.85. The lowest BCUT2D eigenvalue weighted by Gasteiger charge is -2.06. The van der Waals surface area contributed by atoms with E-state index in [4.69, 9.17) is 0 Å². The van der Waals surface area contributed by atoms with E-state index >= 15 is 0 Å². The van der Waals surface area contributed by atoms with Crippen molar-refractivity contribution in [2.75, 3.05) is 24.2 Å². The second-order valence-corrected chi connectivity index (χ2v) is 9.33. The van der Waals surface area contributed by atoms with Gasteiger partial charge in [-0.05, 0) is 61.0 Å². The molecule has 10 nitrogen and oxygen atoms in total. The first-order chi connectivity index (χ1) is 16.6. The Labute approximate surface area is 198 Å². The SMILES string of the molecule is CNc1ccc(-c2ccc3nnc(Sc4ccc5nc(NCC6(C=O)CC6)cn5n4)n3c2)cn1. The Bertz CT molecular complexity index is 1500. The highest BCUT2D eigenvalue weighted by Crippen LogP contribution is 2.43. The Balaban J connectivity index is 1.25. The average molecular weight is 472 g/mol. The molecule has 5 aromatic rings. The van der Waals surface area contributed by atoms with Crippen LogP contribution < -0.4 is 10.6 Å². The molecule has 0 radical (unpaired) electrons. The highest BCUT2D eigenvalue weighted by molar-refractivity contribution is 7.99. The molecule has 1 aliphatic rings. The number of carbonyl (C=O) groups excluding carboxylic acids is 1. The van der Waals surface area contributed by atoms with Crippen LogP contribution in [-0.4, -0.2) is 54.1 Å². The lowest BCUT2D eigenvalue weighted by molar-refractivity contribution is -0.111. The van der Waals surface area contributed by atoms with Crippen molar-refractivity contribution < 1.29 is 4.79 Å². The molecule has 0 saturated heterocycles. The molecule has 0 bridgehead atoms. The molecule has 5 heterocycles. The van der Waals surface area contributed by atoms with Crippen molar-refractivity contribution in [1.82, 2.24) is 34.2 Å². The maximum absolute atomic E-state index is 11.2. The lowest BCUT2D eigenvalue weighted by atomic mass is 10.1. The zero-order valence-electron chi connectivity index (χ0n) is 18.3. The van der Waals surface area contributed by atoms with Gasteiger partial charge in [-0.3, -0.25) is 4.40 Å². The minimum Gasteiger partial charge on any atom is -0.373 e. The van der Waals surface area contributed by atoms with Gasteiger partial charge in [0, 0.05) is 42.5 Å². The van der Waals surface area contributed by atoms with Gasteiger partial charge in [0.2, 0.25) is 5.16 Å². The number of aldehydes is 1. The molecule has 1 aliphatic carbocycles. The van der Waals surface area contributed by atoms with Crippen LogP contribution >= 0.6 is 11.8 Å². The first-order valence-corrected chi connectivity index (χ1v) is 11.7. The standard InChI is InChI=1S/C23H21N9OS/c1-24-17-4-2-15(10-25-17)16-3-5-20-28-29-22(31(20)11-16)34-21-7-6-19-27-18(12-32(19)30-21)26-13-23(14-33)8-9-23/h2-7,10-12,14,26H,8-9,13H2,1H3,(H,24,25). The third-order valence-corrected chi connectivity index (χ3v) is 6.87. The summed E-state index contributed by atoms with van der Waals surface area (Å²) in [6, 6.07) is 11.7. The van der Waals surface area contributed by atoms with Crippen LogP contribution in [0, 0.1) is 5.41 Å². The molecular formula is C23H21N9OS. The number of carbonyl (C=O) groups is 1. The number of aromatic nitrogens is 7. The molecule has 34 heavy (non-hydrogen) atoms. The van der Waals surface area contributed by atoms with E-state index in [0.29, 0.717) is 17.5 Å². The third kappa shape index (κ3) is 3.83. The minimum absolute atomic E-state index is 0.219. The summed E-state index contributed by atoms with van der Waals surface area (Å²) in [6.45, 7) is 0.600. The lowest BCUT2D eigenvalue weighted by Crippen LogP contribution is -2.16. The first-order valence-electron chi connectivity index (χ1n) is 10.9. The van der Waals surface area contributed by atoms with Gasteiger partial charge in [-0.1, -0.05) is 0 Å². The van der Waals surface area contributed by atoms with Gasteiger partial charge in [-0.2, -0.15) is 5.10 Å². The number of hydrogen-bond donors (Lipinski definition) is 2. The maximum atomic E-state index is 11.2. The second kappa shape index (κ2) is 8.10. The predicted molar refractivity (Wildman–Crippen MR) is 129 cm³/mol. The summed E-state index contributed by atoms with van der Waals surface area (Å²) < 4.78 is 3.68. The Kier molecular flexibility index (Phi) is 4.91. The normalized spacial score (nSPS) is 14.4. The molecule has 5 aromatic heterocycles. The summed E-state index contributed by atoms with van der Waals surface area (Å²) in [5.41, 5.74) is 3.29. The Hall–Kier alpha value is -3.99. The molecular weight excluding hydrogens is 450 g/mol. The van der Waals surface area contributed by atoms with Gasteiger partial charge >= 0.3 is 0 Å².